The minimum atomic E-state index is -0.698. The third-order valence-corrected chi connectivity index (χ3v) is 2.17. The Hall–Kier alpha value is -1.58. The van der Waals surface area contributed by atoms with Crippen LogP contribution in [-0.4, -0.2) is 10.1 Å². The van der Waals surface area contributed by atoms with Crippen LogP contribution in [0.1, 0.15) is 18.4 Å². The van der Waals surface area contributed by atoms with Crippen molar-refractivity contribution in [2.24, 2.45) is 0 Å². The SMILES string of the molecule is CCc1cc2oc(C)nc2c(F)c1O. The Labute approximate surface area is 80.2 Å². The summed E-state index contributed by atoms with van der Waals surface area (Å²) in [5, 5.41) is 9.45. The Morgan fingerprint density at radius 3 is 2.93 bits per heavy atom. The van der Waals surface area contributed by atoms with Gasteiger partial charge in [0.05, 0.1) is 0 Å². The smallest absolute Gasteiger partial charge is 0.194 e. The normalized spacial score (nSPS) is 11.1. The van der Waals surface area contributed by atoms with Crippen LogP contribution in [0.15, 0.2) is 10.5 Å². The van der Waals surface area contributed by atoms with E-state index >= 15 is 0 Å². The Balaban J connectivity index is 2.84. The Morgan fingerprint density at radius 1 is 1.57 bits per heavy atom. The molecule has 0 bridgehead atoms. The average molecular weight is 195 g/mol. The van der Waals surface area contributed by atoms with Crippen LogP contribution < -0.4 is 0 Å². The molecule has 0 spiro atoms. The van der Waals surface area contributed by atoms with Crippen molar-refractivity contribution in [3.63, 3.8) is 0 Å². The quantitative estimate of drug-likeness (QED) is 0.760. The molecular weight excluding hydrogens is 185 g/mol. The van der Waals surface area contributed by atoms with Gasteiger partial charge in [-0.2, -0.15) is 0 Å². The highest BCUT2D eigenvalue weighted by molar-refractivity contribution is 5.77. The van der Waals surface area contributed by atoms with Crippen LogP contribution in [0.5, 0.6) is 5.75 Å². The number of phenolic OH excluding ortho intramolecular Hbond substituents is 1. The fraction of sp³-hybridized carbons (Fsp3) is 0.300. The number of aromatic hydroxyl groups is 1. The third kappa shape index (κ3) is 1.14. The third-order valence-electron chi connectivity index (χ3n) is 2.17. The van der Waals surface area contributed by atoms with Crippen molar-refractivity contribution in [3.05, 3.63) is 23.3 Å². The molecule has 2 aromatic rings. The molecule has 74 valence electrons. The lowest BCUT2D eigenvalue weighted by atomic mass is 10.1. The van der Waals surface area contributed by atoms with Crippen molar-refractivity contribution in [1.82, 2.24) is 4.98 Å². The first-order valence-electron chi connectivity index (χ1n) is 4.41. The second kappa shape index (κ2) is 2.97. The Bertz CT molecular complexity index is 490. The molecule has 0 aliphatic carbocycles. The highest BCUT2D eigenvalue weighted by Gasteiger charge is 2.15. The fourth-order valence-electron chi connectivity index (χ4n) is 1.45. The Morgan fingerprint density at radius 2 is 2.29 bits per heavy atom. The van der Waals surface area contributed by atoms with E-state index in [1.807, 2.05) is 6.92 Å². The number of aryl methyl sites for hydroxylation is 2. The first kappa shape index (κ1) is 8.99. The van der Waals surface area contributed by atoms with Gasteiger partial charge in [-0.05, 0) is 12.5 Å². The van der Waals surface area contributed by atoms with Crippen molar-refractivity contribution < 1.29 is 13.9 Å². The molecule has 2 rings (SSSR count). The number of nitrogens with zero attached hydrogens (tertiary/aromatic N) is 1. The van der Waals surface area contributed by atoms with Gasteiger partial charge in [0, 0.05) is 12.5 Å². The average Bonchev–Trinajstić information content (AvgIpc) is 2.52. The van der Waals surface area contributed by atoms with E-state index in [4.69, 9.17) is 4.42 Å². The van der Waals surface area contributed by atoms with E-state index in [0.29, 0.717) is 23.5 Å². The van der Waals surface area contributed by atoms with Crippen molar-refractivity contribution in [2.45, 2.75) is 20.3 Å². The zero-order valence-corrected chi connectivity index (χ0v) is 7.97. The summed E-state index contributed by atoms with van der Waals surface area (Å²) in [4.78, 5) is 3.85. The van der Waals surface area contributed by atoms with E-state index in [2.05, 4.69) is 4.98 Å². The molecular formula is C10H10FNO2. The van der Waals surface area contributed by atoms with Crippen LogP contribution in [0.2, 0.25) is 0 Å². The molecule has 0 amide bonds. The van der Waals surface area contributed by atoms with Crippen molar-refractivity contribution in [3.8, 4) is 5.75 Å². The van der Waals surface area contributed by atoms with Crippen molar-refractivity contribution in [1.29, 1.82) is 0 Å². The summed E-state index contributed by atoms with van der Waals surface area (Å²) in [5.41, 5.74) is 1.01. The molecule has 0 unspecified atom stereocenters. The molecule has 1 aromatic heterocycles. The molecule has 1 aromatic carbocycles. The second-order valence-corrected chi connectivity index (χ2v) is 3.13. The van der Waals surface area contributed by atoms with Gasteiger partial charge in [0.25, 0.3) is 0 Å². The predicted octanol–water partition coefficient (Wildman–Crippen LogP) is 2.54. The molecule has 0 radical (unpaired) electrons. The zero-order chi connectivity index (χ0) is 10.3. The van der Waals surface area contributed by atoms with Crippen LogP contribution in [-0.2, 0) is 6.42 Å². The summed E-state index contributed by atoms with van der Waals surface area (Å²) in [6, 6.07) is 1.62. The van der Waals surface area contributed by atoms with Gasteiger partial charge in [-0.3, -0.25) is 0 Å². The summed E-state index contributed by atoms with van der Waals surface area (Å²) in [7, 11) is 0. The molecule has 14 heavy (non-hydrogen) atoms. The van der Waals surface area contributed by atoms with Gasteiger partial charge < -0.3 is 9.52 Å². The molecule has 4 heteroatoms. The fourth-order valence-corrected chi connectivity index (χ4v) is 1.45. The van der Waals surface area contributed by atoms with Gasteiger partial charge in [-0.1, -0.05) is 6.92 Å². The summed E-state index contributed by atoms with van der Waals surface area (Å²) in [6.45, 7) is 3.48. The molecule has 0 atom stereocenters. The maximum Gasteiger partial charge on any atom is 0.194 e. The van der Waals surface area contributed by atoms with E-state index in [1.54, 1.807) is 13.0 Å². The second-order valence-electron chi connectivity index (χ2n) is 3.13. The van der Waals surface area contributed by atoms with Crippen LogP contribution >= 0.6 is 0 Å². The van der Waals surface area contributed by atoms with Gasteiger partial charge in [0.2, 0.25) is 0 Å². The Kier molecular flexibility index (Phi) is 1.91. The van der Waals surface area contributed by atoms with Crippen LogP contribution in [0.25, 0.3) is 11.1 Å². The van der Waals surface area contributed by atoms with Gasteiger partial charge >= 0.3 is 0 Å². The summed E-state index contributed by atoms with van der Waals surface area (Å²) in [5.74, 6) is -0.629. The van der Waals surface area contributed by atoms with Crippen molar-refractivity contribution >= 4 is 11.1 Å². The maximum absolute atomic E-state index is 13.5. The van der Waals surface area contributed by atoms with Crippen LogP contribution in [0, 0.1) is 12.7 Å². The number of rotatable bonds is 1. The standard InChI is InChI=1S/C10H10FNO2/c1-3-6-4-7-9(8(11)10(6)13)12-5(2)14-7/h4,13H,3H2,1-2H3. The monoisotopic (exact) mass is 195 g/mol. The minimum absolute atomic E-state index is 0.0946. The van der Waals surface area contributed by atoms with Gasteiger partial charge in [0.15, 0.2) is 23.0 Å². The molecule has 0 saturated carbocycles. The lowest BCUT2D eigenvalue weighted by molar-refractivity contribution is 0.429. The number of hydrogen-bond acceptors (Lipinski definition) is 3. The van der Waals surface area contributed by atoms with Gasteiger partial charge in [-0.15, -0.1) is 0 Å². The summed E-state index contributed by atoms with van der Waals surface area (Å²) >= 11 is 0. The largest absolute Gasteiger partial charge is 0.505 e. The maximum atomic E-state index is 13.5. The molecule has 0 fully saturated rings. The summed E-state index contributed by atoms with van der Waals surface area (Å²) in [6.07, 6.45) is 0.554. The van der Waals surface area contributed by atoms with Crippen LogP contribution in [0.3, 0.4) is 0 Å². The van der Waals surface area contributed by atoms with E-state index in [0.717, 1.165) is 0 Å². The summed E-state index contributed by atoms with van der Waals surface area (Å²) < 4.78 is 18.7. The first-order valence-corrected chi connectivity index (χ1v) is 4.41. The number of aromatic nitrogens is 1. The van der Waals surface area contributed by atoms with E-state index in [-0.39, 0.29) is 11.3 Å². The number of phenols is 1. The topological polar surface area (TPSA) is 46.3 Å². The van der Waals surface area contributed by atoms with Gasteiger partial charge in [-0.25, -0.2) is 9.37 Å². The lowest BCUT2D eigenvalue weighted by Crippen LogP contribution is -1.87. The lowest BCUT2D eigenvalue weighted by Gasteiger charge is -2.01. The molecule has 0 aliphatic heterocycles. The zero-order valence-electron chi connectivity index (χ0n) is 7.97. The van der Waals surface area contributed by atoms with E-state index < -0.39 is 5.82 Å². The minimum Gasteiger partial charge on any atom is -0.505 e. The molecule has 1 heterocycles. The van der Waals surface area contributed by atoms with Crippen LogP contribution in [0.4, 0.5) is 4.39 Å². The van der Waals surface area contributed by atoms with Crippen molar-refractivity contribution in [2.75, 3.05) is 0 Å². The molecule has 0 saturated heterocycles. The van der Waals surface area contributed by atoms with E-state index in [9.17, 15) is 9.50 Å². The molecule has 0 aliphatic rings. The number of oxazole rings is 1. The number of fused-ring (bicyclic) bond motifs is 1. The predicted molar refractivity (Wildman–Crippen MR) is 49.7 cm³/mol. The molecule has 1 N–H and O–H groups in total. The number of benzene rings is 1. The van der Waals surface area contributed by atoms with Gasteiger partial charge in [0.1, 0.15) is 5.52 Å². The highest BCUT2D eigenvalue weighted by atomic mass is 19.1. The highest BCUT2D eigenvalue weighted by Crippen LogP contribution is 2.29. The number of hydrogen-bond donors (Lipinski definition) is 1. The first-order chi connectivity index (χ1) is 6.63. The van der Waals surface area contributed by atoms with E-state index in [1.165, 1.54) is 0 Å². The molecule has 3 nitrogen and oxygen atoms in total. The number of halogens is 1.